The SMILES string of the molecule is COc1ccc2cc(CCC(C)(C)CC(=O)O)ccc2c1. The van der Waals surface area contributed by atoms with Gasteiger partial charge in [0.2, 0.25) is 0 Å². The van der Waals surface area contributed by atoms with Gasteiger partial charge < -0.3 is 9.84 Å². The fraction of sp³-hybridized carbons (Fsp3) is 0.389. The van der Waals surface area contributed by atoms with Crippen LogP contribution in [0.1, 0.15) is 32.3 Å². The Morgan fingerprint density at radius 2 is 1.81 bits per heavy atom. The normalized spacial score (nSPS) is 11.6. The fourth-order valence-electron chi connectivity index (χ4n) is 2.54. The molecule has 0 unspecified atom stereocenters. The molecule has 0 fully saturated rings. The molecule has 0 bridgehead atoms. The van der Waals surface area contributed by atoms with Crippen LogP contribution in [0.4, 0.5) is 0 Å². The first-order valence-corrected chi connectivity index (χ1v) is 7.18. The summed E-state index contributed by atoms with van der Waals surface area (Å²) in [5.41, 5.74) is 1.06. The molecular weight excluding hydrogens is 264 g/mol. The molecule has 2 aromatic carbocycles. The van der Waals surface area contributed by atoms with Crippen LogP contribution in [0.15, 0.2) is 36.4 Å². The van der Waals surface area contributed by atoms with E-state index in [2.05, 4.69) is 24.3 Å². The van der Waals surface area contributed by atoms with Crippen LogP contribution in [0.5, 0.6) is 5.75 Å². The molecule has 0 amide bonds. The van der Waals surface area contributed by atoms with Crippen molar-refractivity contribution >= 4 is 16.7 Å². The first kappa shape index (κ1) is 15.4. The van der Waals surface area contributed by atoms with Gasteiger partial charge in [0.25, 0.3) is 0 Å². The number of carbonyl (C=O) groups is 1. The third-order valence-electron chi connectivity index (χ3n) is 3.83. The molecule has 2 aromatic rings. The van der Waals surface area contributed by atoms with Crippen LogP contribution in [0.25, 0.3) is 10.8 Å². The molecule has 0 saturated carbocycles. The number of carboxylic acids is 1. The van der Waals surface area contributed by atoms with E-state index in [4.69, 9.17) is 9.84 Å². The zero-order valence-corrected chi connectivity index (χ0v) is 12.8. The number of ether oxygens (including phenoxy) is 1. The molecule has 0 spiro atoms. The number of rotatable bonds is 6. The molecule has 21 heavy (non-hydrogen) atoms. The Morgan fingerprint density at radius 1 is 1.14 bits per heavy atom. The highest BCUT2D eigenvalue weighted by atomic mass is 16.5. The molecule has 0 aliphatic carbocycles. The van der Waals surface area contributed by atoms with Gasteiger partial charge in [-0.1, -0.05) is 38.1 Å². The van der Waals surface area contributed by atoms with Crippen molar-refractivity contribution in [3.63, 3.8) is 0 Å². The third-order valence-corrected chi connectivity index (χ3v) is 3.83. The first-order chi connectivity index (χ1) is 9.89. The van der Waals surface area contributed by atoms with Gasteiger partial charge in [-0.3, -0.25) is 4.79 Å². The molecule has 0 saturated heterocycles. The van der Waals surface area contributed by atoms with Crippen molar-refractivity contribution in [2.75, 3.05) is 7.11 Å². The summed E-state index contributed by atoms with van der Waals surface area (Å²) in [6.07, 6.45) is 1.96. The highest BCUT2D eigenvalue weighted by Crippen LogP contribution is 2.28. The van der Waals surface area contributed by atoms with E-state index in [1.165, 1.54) is 10.9 Å². The maximum Gasteiger partial charge on any atom is 0.303 e. The lowest BCUT2D eigenvalue weighted by Gasteiger charge is -2.22. The van der Waals surface area contributed by atoms with Crippen molar-refractivity contribution in [1.82, 2.24) is 0 Å². The molecule has 0 heterocycles. The van der Waals surface area contributed by atoms with Crippen LogP contribution >= 0.6 is 0 Å². The van der Waals surface area contributed by atoms with Crippen molar-refractivity contribution in [2.24, 2.45) is 5.41 Å². The topological polar surface area (TPSA) is 46.5 Å². The Labute approximate surface area is 125 Å². The van der Waals surface area contributed by atoms with Crippen molar-refractivity contribution in [2.45, 2.75) is 33.1 Å². The Hall–Kier alpha value is -2.03. The lowest BCUT2D eigenvalue weighted by Crippen LogP contribution is -2.17. The molecular formula is C18H22O3. The lowest BCUT2D eigenvalue weighted by atomic mass is 9.83. The number of hydrogen-bond donors (Lipinski definition) is 1. The van der Waals surface area contributed by atoms with Gasteiger partial charge in [-0.2, -0.15) is 0 Å². The number of carboxylic acid groups (broad SMARTS) is 1. The average molecular weight is 286 g/mol. The van der Waals surface area contributed by atoms with Crippen LogP contribution < -0.4 is 4.74 Å². The quantitative estimate of drug-likeness (QED) is 0.862. The molecule has 3 heteroatoms. The van der Waals surface area contributed by atoms with Gasteiger partial charge in [-0.25, -0.2) is 0 Å². The van der Waals surface area contributed by atoms with Gasteiger partial charge in [-0.15, -0.1) is 0 Å². The van der Waals surface area contributed by atoms with E-state index < -0.39 is 5.97 Å². The Morgan fingerprint density at radius 3 is 2.48 bits per heavy atom. The Bertz CT molecular complexity index is 644. The molecule has 112 valence electrons. The van der Waals surface area contributed by atoms with E-state index in [1.807, 2.05) is 26.0 Å². The van der Waals surface area contributed by atoms with E-state index in [-0.39, 0.29) is 11.8 Å². The van der Waals surface area contributed by atoms with Crippen LogP contribution in [-0.4, -0.2) is 18.2 Å². The number of methoxy groups -OCH3 is 1. The molecule has 0 aliphatic rings. The van der Waals surface area contributed by atoms with Crippen LogP contribution in [-0.2, 0) is 11.2 Å². The predicted molar refractivity (Wildman–Crippen MR) is 84.9 cm³/mol. The zero-order chi connectivity index (χ0) is 15.5. The number of fused-ring (bicyclic) bond motifs is 1. The summed E-state index contributed by atoms with van der Waals surface area (Å²) in [6.45, 7) is 4.01. The van der Waals surface area contributed by atoms with Crippen LogP contribution in [0, 0.1) is 5.41 Å². The second kappa shape index (κ2) is 6.17. The van der Waals surface area contributed by atoms with Gasteiger partial charge in [0.1, 0.15) is 5.75 Å². The predicted octanol–water partition coefficient (Wildman–Crippen LogP) is 4.28. The maximum absolute atomic E-state index is 10.8. The van der Waals surface area contributed by atoms with Crippen molar-refractivity contribution in [3.05, 3.63) is 42.0 Å². The number of hydrogen-bond acceptors (Lipinski definition) is 2. The molecule has 1 N–H and O–H groups in total. The van der Waals surface area contributed by atoms with E-state index >= 15 is 0 Å². The highest BCUT2D eigenvalue weighted by molar-refractivity contribution is 5.84. The van der Waals surface area contributed by atoms with E-state index in [0.29, 0.717) is 0 Å². The summed E-state index contributed by atoms with van der Waals surface area (Å²) in [5, 5.41) is 11.3. The second-order valence-corrected chi connectivity index (χ2v) is 6.28. The summed E-state index contributed by atoms with van der Waals surface area (Å²) >= 11 is 0. The van der Waals surface area contributed by atoms with Gasteiger partial charge in [0.05, 0.1) is 13.5 Å². The van der Waals surface area contributed by atoms with Gasteiger partial charge in [0, 0.05) is 0 Å². The zero-order valence-electron chi connectivity index (χ0n) is 12.8. The van der Waals surface area contributed by atoms with E-state index in [9.17, 15) is 4.79 Å². The summed E-state index contributed by atoms with van der Waals surface area (Å²) in [5.74, 6) is 0.128. The smallest absolute Gasteiger partial charge is 0.303 e. The van der Waals surface area contributed by atoms with Gasteiger partial charge >= 0.3 is 5.97 Å². The van der Waals surface area contributed by atoms with Crippen molar-refractivity contribution < 1.29 is 14.6 Å². The molecule has 0 aliphatic heterocycles. The minimum Gasteiger partial charge on any atom is -0.497 e. The number of aliphatic carboxylic acids is 1. The average Bonchev–Trinajstić information content (AvgIpc) is 2.43. The monoisotopic (exact) mass is 286 g/mol. The summed E-state index contributed by atoms with van der Waals surface area (Å²) < 4.78 is 5.23. The third kappa shape index (κ3) is 4.22. The standard InChI is InChI=1S/C18H22O3/c1-18(2,12-17(19)20)9-8-13-4-5-15-11-16(21-3)7-6-14(15)10-13/h4-7,10-11H,8-9,12H2,1-3H3,(H,19,20). The van der Waals surface area contributed by atoms with Crippen molar-refractivity contribution in [1.29, 1.82) is 0 Å². The molecule has 0 atom stereocenters. The first-order valence-electron chi connectivity index (χ1n) is 7.18. The van der Waals surface area contributed by atoms with Gasteiger partial charge in [0.15, 0.2) is 0 Å². The lowest BCUT2D eigenvalue weighted by molar-refractivity contribution is -0.139. The number of aryl methyl sites for hydroxylation is 1. The summed E-state index contributed by atoms with van der Waals surface area (Å²) in [4.78, 5) is 10.8. The molecule has 2 rings (SSSR count). The van der Waals surface area contributed by atoms with Crippen LogP contribution in [0.2, 0.25) is 0 Å². The van der Waals surface area contributed by atoms with E-state index in [1.54, 1.807) is 7.11 Å². The van der Waals surface area contributed by atoms with Crippen LogP contribution in [0.3, 0.4) is 0 Å². The van der Waals surface area contributed by atoms with E-state index in [0.717, 1.165) is 24.0 Å². The summed E-state index contributed by atoms with van der Waals surface area (Å²) in [6, 6.07) is 12.4. The Kier molecular flexibility index (Phi) is 4.51. The van der Waals surface area contributed by atoms with Gasteiger partial charge in [-0.05, 0) is 46.7 Å². The molecule has 3 nitrogen and oxygen atoms in total. The largest absolute Gasteiger partial charge is 0.497 e. The minimum atomic E-state index is -0.731. The second-order valence-electron chi connectivity index (χ2n) is 6.28. The Balaban J connectivity index is 2.11. The highest BCUT2D eigenvalue weighted by Gasteiger charge is 2.21. The van der Waals surface area contributed by atoms with Crippen molar-refractivity contribution in [3.8, 4) is 5.75 Å². The maximum atomic E-state index is 10.8. The summed E-state index contributed by atoms with van der Waals surface area (Å²) in [7, 11) is 1.67. The minimum absolute atomic E-state index is 0.180. The fourth-order valence-corrected chi connectivity index (χ4v) is 2.54. The molecule has 0 radical (unpaired) electrons. The number of benzene rings is 2. The molecule has 0 aromatic heterocycles.